The van der Waals surface area contributed by atoms with Crippen LogP contribution in [0.1, 0.15) is 18.4 Å². The summed E-state index contributed by atoms with van der Waals surface area (Å²) in [5, 5.41) is 0. The Bertz CT molecular complexity index is 731. The van der Waals surface area contributed by atoms with Gasteiger partial charge in [-0.2, -0.15) is 0 Å². The van der Waals surface area contributed by atoms with Gasteiger partial charge in [0.15, 0.2) is 11.6 Å². The van der Waals surface area contributed by atoms with Gasteiger partial charge in [0, 0.05) is 31.3 Å². The zero-order chi connectivity index (χ0) is 16.4. The number of carbonyl (C=O) groups excluding carboxylic acids is 2. The molecular formula is C18H18O5. The third kappa shape index (κ3) is 1.64. The van der Waals surface area contributed by atoms with Crippen molar-refractivity contribution in [3.63, 3.8) is 0 Å². The van der Waals surface area contributed by atoms with Gasteiger partial charge in [-0.1, -0.05) is 24.3 Å². The Kier molecular flexibility index (Phi) is 3.02. The fraction of sp³-hybridized carbons (Fsp3) is 0.444. The molecule has 23 heavy (non-hydrogen) atoms. The molecule has 4 aliphatic rings. The molecule has 120 valence electrons. The summed E-state index contributed by atoms with van der Waals surface area (Å²) in [4.78, 5) is 25.2. The molecule has 1 heterocycles. The molecule has 0 unspecified atom stereocenters. The SMILES string of the molecule is COC1(OC)C(=O)[C@@H]2C=C(C(C)=O)[C@H]1[C@H]1Oc3ccccc3[C@H]12. The maximum Gasteiger partial charge on any atom is 0.239 e. The van der Waals surface area contributed by atoms with Gasteiger partial charge in [0.2, 0.25) is 5.79 Å². The number of ether oxygens (including phenoxy) is 3. The highest BCUT2D eigenvalue weighted by Gasteiger charge is 2.67. The lowest BCUT2D eigenvalue weighted by Crippen LogP contribution is -2.66. The van der Waals surface area contributed by atoms with Gasteiger partial charge < -0.3 is 14.2 Å². The van der Waals surface area contributed by atoms with Crippen LogP contribution in [0.25, 0.3) is 0 Å². The average molecular weight is 314 g/mol. The smallest absolute Gasteiger partial charge is 0.239 e. The second kappa shape index (κ2) is 4.76. The van der Waals surface area contributed by atoms with Gasteiger partial charge in [0.05, 0.1) is 11.8 Å². The summed E-state index contributed by atoms with van der Waals surface area (Å²) >= 11 is 0. The molecule has 5 heteroatoms. The van der Waals surface area contributed by atoms with Crippen LogP contribution >= 0.6 is 0 Å². The van der Waals surface area contributed by atoms with Crippen LogP contribution in [-0.2, 0) is 19.1 Å². The summed E-state index contributed by atoms with van der Waals surface area (Å²) < 4.78 is 17.2. The normalized spacial score (nSPS) is 32.8. The molecule has 1 saturated carbocycles. The van der Waals surface area contributed by atoms with Crippen molar-refractivity contribution in [2.24, 2.45) is 11.8 Å². The standard InChI is InChI=1S/C18H18O5/c1-9(19)11-8-12-14-10-6-4-5-7-13(10)23-16(14)15(11)18(21-2,22-3)17(12)20/h4-8,12,14-16H,1-3H3/t12-,14+,15+,16+/m1/s1. The van der Waals surface area contributed by atoms with Gasteiger partial charge in [-0.05, 0) is 13.0 Å². The molecule has 1 aromatic carbocycles. The quantitative estimate of drug-likeness (QED) is 0.797. The highest BCUT2D eigenvalue weighted by atomic mass is 16.7. The van der Waals surface area contributed by atoms with E-state index >= 15 is 0 Å². The van der Waals surface area contributed by atoms with Crippen LogP contribution in [0.15, 0.2) is 35.9 Å². The van der Waals surface area contributed by atoms with Crippen LogP contribution in [0.4, 0.5) is 0 Å². The monoisotopic (exact) mass is 314 g/mol. The van der Waals surface area contributed by atoms with Crippen LogP contribution in [-0.4, -0.2) is 37.7 Å². The third-order valence-electron chi connectivity index (χ3n) is 5.37. The maximum atomic E-state index is 13.0. The van der Waals surface area contributed by atoms with E-state index in [1.165, 1.54) is 21.1 Å². The largest absolute Gasteiger partial charge is 0.489 e. The van der Waals surface area contributed by atoms with E-state index in [9.17, 15) is 9.59 Å². The molecule has 0 aromatic heterocycles. The van der Waals surface area contributed by atoms with Crippen molar-refractivity contribution in [2.45, 2.75) is 24.7 Å². The minimum absolute atomic E-state index is 0.0796. The van der Waals surface area contributed by atoms with Crippen molar-refractivity contribution in [2.75, 3.05) is 14.2 Å². The summed E-state index contributed by atoms with van der Waals surface area (Å²) in [5.41, 5.74) is 1.58. The summed E-state index contributed by atoms with van der Waals surface area (Å²) in [5.74, 6) is -2.04. The number of para-hydroxylation sites is 1. The van der Waals surface area contributed by atoms with Gasteiger partial charge in [-0.25, -0.2) is 0 Å². The minimum Gasteiger partial charge on any atom is -0.489 e. The Morgan fingerprint density at radius 2 is 1.91 bits per heavy atom. The lowest BCUT2D eigenvalue weighted by Gasteiger charge is -2.51. The number of allylic oxidation sites excluding steroid dienone is 1. The first-order valence-electron chi connectivity index (χ1n) is 7.68. The molecule has 5 nitrogen and oxygen atoms in total. The van der Waals surface area contributed by atoms with Crippen molar-refractivity contribution < 1.29 is 23.8 Å². The van der Waals surface area contributed by atoms with E-state index in [0.717, 1.165) is 11.3 Å². The van der Waals surface area contributed by atoms with E-state index in [2.05, 4.69) is 0 Å². The molecule has 0 radical (unpaired) electrons. The number of carbonyl (C=O) groups is 2. The molecule has 1 aromatic rings. The number of hydrogen-bond donors (Lipinski definition) is 0. The lowest BCUT2D eigenvalue weighted by molar-refractivity contribution is -0.250. The highest BCUT2D eigenvalue weighted by Crippen LogP contribution is 2.58. The molecular weight excluding hydrogens is 296 g/mol. The first kappa shape index (κ1) is 14.6. The molecule has 4 atom stereocenters. The van der Waals surface area contributed by atoms with E-state index in [-0.39, 0.29) is 23.6 Å². The average Bonchev–Trinajstić information content (AvgIpc) is 2.95. The first-order chi connectivity index (χ1) is 11.0. The van der Waals surface area contributed by atoms with Gasteiger partial charge in [-0.3, -0.25) is 9.59 Å². The van der Waals surface area contributed by atoms with E-state index in [1.807, 2.05) is 24.3 Å². The Hall–Kier alpha value is -1.98. The lowest BCUT2D eigenvalue weighted by atomic mass is 9.58. The first-order valence-corrected chi connectivity index (χ1v) is 7.68. The molecule has 3 aliphatic carbocycles. The van der Waals surface area contributed by atoms with Crippen molar-refractivity contribution in [1.82, 2.24) is 0 Å². The second-order valence-corrected chi connectivity index (χ2v) is 6.27. The predicted molar refractivity (Wildman–Crippen MR) is 81.1 cm³/mol. The highest BCUT2D eigenvalue weighted by molar-refractivity contribution is 6.03. The zero-order valence-corrected chi connectivity index (χ0v) is 13.2. The Labute approximate surface area is 134 Å². The fourth-order valence-corrected chi connectivity index (χ4v) is 4.43. The van der Waals surface area contributed by atoms with Crippen molar-refractivity contribution in [3.8, 4) is 5.75 Å². The van der Waals surface area contributed by atoms with Crippen LogP contribution in [0.5, 0.6) is 5.75 Å². The summed E-state index contributed by atoms with van der Waals surface area (Å²) in [6, 6.07) is 7.72. The fourth-order valence-electron chi connectivity index (χ4n) is 4.43. The van der Waals surface area contributed by atoms with Crippen LogP contribution in [0.2, 0.25) is 0 Å². The maximum absolute atomic E-state index is 13.0. The van der Waals surface area contributed by atoms with Crippen molar-refractivity contribution in [1.29, 1.82) is 0 Å². The molecule has 0 spiro atoms. The van der Waals surface area contributed by atoms with E-state index < -0.39 is 17.6 Å². The van der Waals surface area contributed by atoms with Crippen LogP contribution in [0, 0.1) is 11.8 Å². The molecule has 2 bridgehead atoms. The summed E-state index contributed by atoms with van der Waals surface area (Å²) in [6.07, 6.45) is 1.46. The molecule has 0 N–H and O–H groups in total. The number of hydrogen-bond acceptors (Lipinski definition) is 5. The van der Waals surface area contributed by atoms with Crippen molar-refractivity contribution in [3.05, 3.63) is 41.5 Å². The number of rotatable bonds is 3. The van der Waals surface area contributed by atoms with Gasteiger partial charge >= 0.3 is 0 Å². The van der Waals surface area contributed by atoms with Crippen LogP contribution < -0.4 is 4.74 Å². The summed E-state index contributed by atoms with van der Waals surface area (Å²) in [7, 11) is 2.88. The van der Waals surface area contributed by atoms with E-state index in [0.29, 0.717) is 5.57 Å². The number of Topliss-reactive ketones (excluding diaryl/α,β-unsaturated/α-hetero) is 2. The number of methoxy groups -OCH3 is 2. The molecule has 0 saturated heterocycles. The van der Waals surface area contributed by atoms with Crippen LogP contribution in [0.3, 0.4) is 0 Å². The van der Waals surface area contributed by atoms with Gasteiger partial charge in [-0.15, -0.1) is 0 Å². The Balaban J connectivity index is 1.92. The van der Waals surface area contributed by atoms with Gasteiger partial charge in [0.25, 0.3) is 0 Å². The second-order valence-electron chi connectivity index (χ2n) is 6.27. The number of benzene rings is 1. The predicted octanol–water partition coefficient (Wildman–Crippen LogP) is 1.86. The molecule has 0 amide bonds. The number of fused-ring (bicyclic) bond motifs is 2. The Morgan fingerprint density at radius 3 is 2.57 bits per heavy atom. The number of ketones is 2. The van der Waals surface area contributed by atoms with Gasteiger partial charge in [0.1, 0.15) is 11.9 Å². The molecule has 5 rings (SSSR count). The minimum atomic E-state index is -1.45. The zero-order valence-electron chi connectivity index (χ0n) is 13.2. The molecule has 1 fully saturated rings. The summed E-state index contributed by atoms with van der Waals surface area (Å²) in [6.45, 7) is 1.50. The molecule has 1 aliphatic heterocycles. The Morgan fingerprint density at radius 1 is 1.22 bits per heavy atom. The van der Waals surface area contributed by atoms with E-state index in [1.54, 1.807) is 6.08 Å². The van der Waals surface area contributed by atoms with Crippen molar-refractivity contribution >= 4 is 11.6 Å². The van der Waals surface area contributed by atoms with E-state index in [4.69, 9.17) is 14.2 Å². The topological polar surface area (TPSA) is 61.8 Å². The third-order valence-corrected chi connectivity index (χ3v) is 5.37.